The lowest BCUT2D eigenvalue weighted by molar-refractivity contribution is -0.127. The van der Waals surface area contributed by atoms with Crippen molar-refractivity contribution < 1.29 is 9.18 Å². The Labute approximate surface area is 184 Å². The van der Waals surface area contributed by atoms with Crippen molar-refractivity contribution in [2.45, 2.75) is 18.9 Å². The Morgan fingerprint density at radius 3 is 2.88 bits per heavy atom. The van der Waals surface area contributed by atoms with Gasteiger partial charge in [-0.25, -0.2) is 14.2 Å². The van der Waals surface area contributed by atoms with Crippen LogP contribution in [0.3, 0.4) is 0 Å². The fourth-order valence-corrected chi connectivity index (χ4v) is 3.81. The van der Waals surface area contributed by atoms with Crippen molar-refractivity contribution in [3.63, 3.8) is 0 Å². The average Bonchev–Trinajstić information content (AvgIpc) is 3.10. The second kappa shape index (κ2) is 9.31. The fraction of sp³-hybridized carbons (Fsp3) is 0.364. The molecule has 32 heavy (non-hydrogen) atoms. The number of anilines is 2. The molecule has 2 N–H and O–H groups in total. The zero-order chi connectivity index (χ0) is 22.7. The first-order chi connectivity index (χ1) is 15.4. The van der Waals surface area contributed by atoms with Crippen LogP contribution < -0.4 is 11.0 Å². The highest BCUT2D eigenvalue weighted by molar-refractivity contribution is 5.87. The molecule has 3 heterocycles. The number of likely N-dealkylation sites (tertiary alicyclic amines) is 1. The number of likely N-dealkylation sites (N-methyl/N-ethyl adjacent to an activating group) is 1. The monoisotopic (exact) mass is 439 g/mol. The number of fused-ring (bicyclic) bond motifs is 1. The molecule has 1 aromatic carbocycles. The third kappa shape index (κ3) is 4.86. The van der Waals surface area contributed by atoms with Gasteiger partial charge in [0.05, 0.1) is 12.2 Å². The Kier molecular flexibility index (Phi) is 6.31. The van der Waals surface area contributed by atoms with Crippen molar-refractivity contribution in [3.05, 3.63) is 58.9 Å². The van der Waals surface area contributed by atoms with Crippen LogP contribution in [0.15, 0.2) is 47.4 Å². The number of nitrogens with one attached hydrogen (secondary N) is 2. The summed E-state index contributed by atoms with van der Waals surface area (Å²) in [5.74, 6) is -0.0932. The minimum Gasteiger partial charge on any atom is -0.337 e. The molecule has 4 rings (SSSR count). The van der Waals surface area contributed by atoms with Crippen LogP contribution in [0.5, 0.6) is 0 Å². The van der Waals surface area contributed by atoms with Gasteiger partial charge in [-0.05, 0) is 51.2 Å². The number of hydrogen-bond acceptors (Lipinski definition) is 6. The van der Waals surface area contributed by atoms with Gasteiger partial charge in [0.25, 0.3) is 0 Å². The number of nitrogens with zero attached hydrogens (tertiary/aromatic N) is 5. The van der Waals surface area contributed by atoms with Crippen molar-refractivity contribution in [1.29, 1.82) is 0 Å². The third-order valence-corrected chi connectivity index (χ3v) is 5.36. The van der Waals surface area contributed by atoms with Gasteiger partial charge in [0.15, 0.2) is 5.65 Å². The number of aromatic amines is 1. The highest BCUT2D eigenvalue weighted by Gasteiger charge is 2.27. The van der Waals surface area contributed by atoms with Gasteiger partial charge in [0.2, 0.25) is 11.9 Å². The number of H-pyrrole nitrogens is 1. The van der Waals surface area contributed by atoms with E-state index in [0.717, 1.165) is 12.8 Å². The van der Waals surface area contributed by atoms with Gasteiger partial charge in [-0.3, -0.25) is 9.36 Å². The quantitative estimate of drug-likeness (QED) is 0.572. The summed E-state index contributed by atoms with van der Waals surface area (Å²) >= 11 is 0. The molecule has 9 nitrogen and oxygen atoms in total. The lowest BCUT2D eigenvalue weighted by atomic mass is 10.1. The first-order valence-electron chi connectivity index (χ1n) is 10.5. The van der Waals surface area contributed by atoms with Crippen LogP contribution in [0.2, 0.25) is 0 Å². The van der Waals surface area contributed by atoms with Gasteiger partial charge < -0.3 is 20.1 Å². The van der Waals surface area contributed by atoms with Crippen LogP contribution in [0.4, 0.5) is 16.0 Å². The number of carbonyl (C=O) groups is 1. The summed E-state index contributed by atoms with van der Waals surface area (Å²) in [6.07, 6.45) is 6.53. The van der Waals surface area contributed by atoms with Crippen LogP contribution in [0.1, 0.15) is 18.9 Å². The Balaban J connectivity index is 1.56. The van der Waals surface area contributed by atoms with Crippen LogP contribution in [-0.2, 0) is 4.79 Å². The van der Waals surface area contributed by atoms with E-state index in [1.54, 1.807) is 33.9 Å². The molecule has 1 unspecified atom stereocenters. The second-order valence-electron chi connectivity index (χ2n) is 8.11. The Bertz CT molecular complexity index is 1180. The number of carbonyl (C=O) groups excluding carboxylic acids is 1. The van der Waals surface area contributed by atoms with Crippen molar-refractivity contribution in [3.8, 4) is 0 Å². The molecule has 0 radical (unpaired) electrons. The number of aromatic nitrogens is 4. The maximum atomic E-state index is 13.2. The van der Waals surface area contributed by atoms with Crippen LogP contribution in [-0.4, -0.2) is 69.0 Å². The summed E-state index contributed by atoms with van der Waals surface area (Å²) in [6, 6.07) is 5.66. The first-order valence-corrected chi connectivity index (χ1v) is 10.5. The van der Waals surface area contributed by atoms with Crippen molar-refractivity contribution in [2.24, 2.45) is 0 Å². The van der Waals surface area contributed by atoms with Gasteiger partial charge in [0, 0.05) is 31.4 Å². The molecule has 3 aromatic rings. The SMILES string of the molecule is CN(C)CC=CC(=O)N1CCCC(n2c(=O)[nH]c3cnc(Nc4ccc(F)cc4)nc32)C1. The van der Waals surface area contributed by atoms with E-state index >= 15 is 0 Å². The number of rotatable bonds is 6. The topological polar surface area (TPSA) is 99.2 Å². The van der Waals surface area contributed by atoms with Crippen LogP contribution in [0.25, 0.3) is 11.2 Å². The van der Waals surface area contributed by atoms with Crippen molar-refractivity contribution in [1.82, 2.24) is 29.3 Å². The van der Waals surface area contributed by atoms with E-state index in [1.807, 2.05) is 25.1 Å². The molecule has 1 amide bonds. The van der Waals surface area contributed by atoms with Gasteiger partial charge in [0.1, 0.15) is 11.3 Å². The smallest absolute Gasteiger partial charge is 0.328 e. The highest BCUT2D eigenvalue weighted by Crippen LogP contribution is 2.24. The zero-order valence-corrected chi connectivity index (χ0v) is 18.1. The zero-order valence-electron chi connectivity index (χ0n) is 18.1. The normalized spacial score (nSPS) is 16.9. The molecule has 0 saturated carbocycles. The molecule has 1 aliphatic rings. The first kappa shape index (κ1) is 21.7. The largest absolute Gasteiger partial charge is 0.337 e. The second-order valence-corrected chi connectivity index (χ2v) is 8.11. The van der Waals surface area contributed by atoms with Gasteiger partial charge in [-0.2, -0.15) is 4.98 Å². The highest BCUT2D eigenvalue weighted by atomic mass is 19.1. The summed E-state index contributed by atoms with van der Waals surface area (Å²) in [5.41, 5.74) is 1.34. The van der Waals surface area contributed by atoms with E-state index in [1.165, 1.54) is 12.1 Å². The molecule has 1 atom stereocenters. The molecular formula is C22H26FN7O2. The van der Waals surface area contributed by atoms with E-state index in [0.29, 0.717) is 42.4 Å². The summed E-state index contributed by atoms with van der Waals surface area (Å²) in [5, 5.41) is 3.03. The van der Waals surface area contributed by atoms with E-state index in [4.69, 9.17) is 0 Å². The minimum absolute atomic E-state index is 0.0577. The summed E-state index contributed by atoms with van der Waals surface area (Å²) in [6.45, 7) is 1.78. The van der Waals surface area contributed by atoms with Gasteiger partial charge in [-0.1, -0.05) is 6.08 Å². The molecule has 1 aliphatic heterocycles. The van der Waals surface area contributed by atoms with Gasteiger partial charge in [-0.15, -0.1) is 0 Å². The molecule has 1 fully saturated rings. The lowest BCUT2D eigenvalue weighted by Gasteiger charge is -2.32. The fourth-order valence-electron chi connectivity index (χ4n) is 3.81. The summed E-state index contributed by atoms with van der Waals surface area (Å²) in [7, 11) is 3.88. The predicted octanol–water partition coefficient (Wildman–Crippen LogP) is 2.28. The number of halogens is 1. The number of amides is 1. The number of benzene rings is 1. The molecule has 1 saturated heterocycles. The Morgan fingerprint density at radius 2 is 2.12 bits per heavy atom. The van der Waals surface area contributed by atoms with Crippen LogP contribution in [0, 0.1) is 5.82 Å². The summed E-state index contributed by atoms with van der Waals surface area (Å²) in [4.78, 5) is 40.6. The standard InChI is InChI=1S/C22H26FN7O2/c1-28(2)11-4-6-19(31)29-12-3-5-17(14-29)30-20-18(26-22(30)32)13-24-21(27-20)25-16-9-7-15(23)8-10-16/h4,6-10,13,17H,3,5,11-12,14H2,1-2H3,(H,26,32)(H,24,25,27). The Morgan fingerprint density at radius 1 is 1.34 bits per heavy atom. The third-order valence-electron chi connectivity index (χ3n) is 5.36. The molecule has 168 valence electrons. The number of hydrogen-bond donors (Lipinski definition) is 2. The van der Waals surface area contributed by atoms with E-state index in [-0.39, 0.29) is 23.5 Å². The van der Waals surface area contributed by atoms with Gasteiger partial charge >= 0.3 is 5.69 Å². The lowest BCUT2D eigenvalue weighted by Crippen LogP contribution is -2.42. The van der Waals surface area contributed by atoms with E-state index in [9.17, 15) is 14.0 Å². The average molecular weight is 439 g/mol. The Hall–Kier alpha value is -3.53. The minimum atomic E-state index is -0.334. The van der Waals surface area contributed by atoms with Crippen LogP contribution >= 0.6 is 0 Å². The molecule has 10 heteroatoms. The van der Waals surface area contributed by atoms with Crippen molar-refractivity contribution >= 4 is 28.7 Å². The maximum absolute atomic E-state index is 13.2. The maximum Gasteiger partial charge on any atom is 0.328 e. The van der Waals surface area contributed by atoms with E-state index < -0.39 is 0 Å². The molecule has 0 spiro atoms. The predicted molar refractivity (Wildman–Crippen MR) is 120 cm³/mol. The number of piperidine rings is 1. The van der Waals surface area contributed by atoms with Crippen molar-refractivity contribution in [2.75, 3.05) is 39.0 Å². The molecule has 0 bridgehead atoms. The molecular weight excluding hydrogens is 413 g/mol. The molecule has 2 aromatic heterocycles. The summed E-state index contributed by atoms with van der Waals surface area (Å²) < 4.78 is 14.8. The molecule has 0 aliphatic carbocycles. The number of imidazole rings is 1. The van der Waals surface area contributed by atoms with E-state index in [2.05, 4.69) is 20.3 Å².